The van der Waals surface area contributed by atoms with Crippen LogP contribution in [-0.2, 0) is 4.74 Å². The van der Waals surface area contributed by atoms with Crippen molar-refractivity contribution in [1.29, 1.82) is 0 Å². The highest BCUT2D eigenvalue weighted by atomic mass is 19.1. The Hall–Kier alpha value is -2.28. The summed E-state index contributed by atoms with van der Waals surface area (Å²) >= 11 is 0. The van der Waals surface area contributed by atoms with E-state index in [0.717, 1.165) is 49.0 Å². The number of alkyl halides is 1. The molecule has 4 rings (SSSR count). The minimum absolute atomic E-state index is 0.0480. The second-order valence-electron chi connectivity index (χ2n) is 7.03. The lowest BCUT2D eigenvalue weighted by atomic mass is 9.92. The second kappa shape index (κ2) is 7.95. The zero-order valence-electron chi connectivity index (χ0n) is 14.6. The van der Waals surface area contributed by atoms with Crippen LogP contribution in [0.5, 0.6) is 0 Å². The van der Waals surface area contributed by atoms with Gasteiger partial charge in [0.25, 0.3) is 0 Å². The van der Waals surface area contributed by atoms with Crippen molar-refractivity contribution in [2.45, 2.75) is 50.4 Å². The number of aromatic amines is 1. The van der Waals surface area contributed by atoms with Gasteiger partial charge < -0.3 is 10.1 Å². The molecule has 2 unspecified atom stereocenters. The molecule has 2 aromatic rings. The summed E-state index contributed by atoms with van der Waals surface area (Å²) < 4.78 is 20.1. The molecule has 138 valence electrons. The molecule has 1 fully saturated rings. The molecule has 2 N–H and O–H groups in total. The first-order valence-electron chi connectivity index (χ1n) is 9.29. The third-order valence-electron chi connectivity index (χ3n) is 5.23. The number of fused-ring (bicyclic) bond motifs is 1. The van der Waals surface area contributed by atoms with Crippen LogP contribution >= 0.6 is 0 Å². The molecule has 26 heavy (non-hydrogen) atoms. The van der Waals surface area contributed by atoms with Crippen LogP contribution in [0.25, 0.3) is 11.0 Å². The van der Waals surface area contributed by atoms with Gasteiger partial charge in [0.15, 0.2) is 5.65 Å². The Morgan fingerprint density at radius 1 is 1.23 bits per heavy atom. The number of nitrogens with one attached hydrogen (secondary N) is 2. The van der Waals surface area contributed by atoms with Crippen LogP contribution in [0.4, 0.5) is 10.2 Å². The Balaban J connectivity index is 1.23. The van der Waals surface area contributed by atoms with E-state index >= 15 is 0 Å². The zero-order valence-corrected chi connectivity index (χ0v) is 14.6. The lowest BCUT2D eigenvalue weighted by Gasteiger charge is -2.30. The molecule has 0 bridgehead atoms. The summed E-state index contributed by atoms with van der Waals surface area (Å²) in [5.41, 5.74) is 0.736. The molecule has 0 spiro atoms. The Morgan fingerprint density at radius 2 is 2.12 bits per heavy atom. The number of anilines is 1. The number of rotatable bonds is 6. The highest BCUT2D eigenvalue weighted by Crippen LogP contribution is 2.27. The Kier molecular flexibility index (Phi) is 5.24. The van der Waals surface area contributed by atoms with Crippen molar-refractivity contribution >= 4 is 16.9 Å². The van der Waals surface area contributed by atoms with E-state index < -0.39 is 6.17 Å². The maximum Gasteiger partial charge on any atom is 0.160 e. The molecule has 6 nitrogen and oxygen atoms in total. The third kappa shape index (κ3) is 3.93. The number of ether oxygens (including phenoxy) is 1. The normalized spacial score (nSPS) is 26.9. The molecule has 2 aromatic heterocycles. The van der Waals surface area contributed by atoms with Crippen molar-refractivity contribution in [2.24, 2.45) is 5.92 Å². The highest BCUT2D eigenvalue weighted by molar-refractivity contribution is 5.85. The summed E-state index contributed by atoms with van der Waals surface area (Å²) in [5.74, 6) is 0.766. The third-order valence-corrected chi connectivity index (χ3v) is 5.23. The van der Waals surface area contributed by atoms with Crippen LogP contribution in [0.2, 0.25) is 0 Å². The van der Waals surface area contributed by atoms with E-state index in [1.54, 1.807) is 6.20 Å². The van der Waals surface area contributed by atoms with E-state index in [0.29, 0.717) is 6.04 Å². The predicted octanol–water partition coefficient (Wildman–Crippen LogP) is 3.56. The summed E-state index contributed by atoms with van der Waals surface area (Å²) in [6.45, 7) is 0.188. The van der Waals surface area contributed by atoms with Crippen molar-refractivity contribution in [1.82, 2.24) is 20.2 Å². The Labute approximate surface area is 151 Å². The molecule has 2 aliphatic rings. The van der Waals surface area contributed by atoms with Gasteiger partial charge in [-0.3, -0.25) is 5.10 Å². The van der Waals surface area contributed by atoms with Gasteiger partial charge in [0.05, 0.1) is 24.3 Å². The molecule has 0 aromatic carbocycles. The summed E-state index contributed by atoms with van der Waals surface area (Å²) in [4.78, 5) is 8.48. The van der Waals surface area contributed by atoms with E-state index in [1.165, 1.54) is 6.33 Å². The molecule has 0 amide bonds. The van der Waals surface area contributed by atoms with E-state index in [9.17, 15) is 4.39 Å². The van der Waals surface area contributed by atoms with Crippen LogP contribution in [0, 0.1) is 5.92 Å². The largest absolute Gasteiger partial charge is 0.375 e. The van der Waals surface area contributed by atoms with Gasteiger partial charge in [-0.05, 0) is 32.1 Å². The van der Waals surface area contributed by atoms with Crippen LogP contribution in [0.3, 0.4) is 0 Å². The fourth-order valence-corrected chi connectivity index (χ4v) is 3.67. The lowest BCUT2D eigenvalue weighted by molar-refractivity contribution is -0.0104. The van der Waals surface area contributed by atoms with E-state index in [2.05, 4.69) is 25.5 Å². The number of aromatic nitrogens is 4. The molecule has 2 atom stereocenters. The molecular weight excluding hydrogens is 333 g/mol. The first-order valence-corrected chi connectivity index (χ1v) is 9.29. The van der Waals surface area contributed by atoms with Crippen molar-refractivity contribution in [3.8, 4) is 0 Å². The molecular formula is C19H24FN5O. The maximum atomic E-state index is 14.3. The van der Waals surface area contributed by atoms with Crippen molar-refractivity contribution in [2.75, 3.05) is 11.9 Å². The first kappa shape index (κ1) is 17.1. The molecule has 1 saturated carbocycles. The van der Waals surface area contributed by atoms with Gasteiger partial charge >= 0.3 is 0 Å². The lowest BCUT2D eigenvalue weighted by Crippen LogP contribution is -2.32. The zero-order chi connectivity index (χ0) is 17.8. The standard InChI is InChI=1S/C19H24FN5O/c20-17(13-4-2-1-3-5-13)11-26-15-8-6-14(7-9-15)24-18-16-10-23-25-19(16)22-12-21-18/h1-4,10,12-15,17H,5-9,11H2,(H2,21,22,23,24,25). The Bertz CT molecular complexity index is 781. The van der Waals surface area contributed by atoms with Crippen LogP contribution in [0.1, 0.15) is 32.1 Å². The SMILES string of the molecule is FC(COC1CCC(Nc2ncnc3[nH]ncc23)CC1)C1C=CC=CC1. The van der Waals surface area contributed by atoms with Crippen LogP contribution in [0.15, 0.2) is 36.8 Å². The summed E-state index contributed by atoms with van der Waals surface area (Å²) in [6, 6.07) is 0.343. The number of nitrogens with zero attached hydrogens (tertiary/aromatic N) is 3. The number of hydrogen-bond donors (Lipinski definition) is 2. The molecule has 0 saturated heterocycles. The quantitative estimate of drug-likeness (QED) is 0.827. The number of hydrogen-bond acceptors (Lipinski definition) is 5. The Morgan fingerprint density at radius 3 is 2.92 bits per heavy atom. The summed E-state index contributed by atoms with van der Waals surface area (Å²) in [7, 11) is 0. The topological polar surface area (TPSA) is 75.7 Å². The maximum absolute atomic E-state index is 14.3. The van der Waals surface area contributed by atoms with Gasteiger partial charge in [-0.2, -0.15) is 5.10 Å². The van der Waals surface area contributed by atoms with E-state index in [-0.39, 0.29) is 18.6 Å². The minimum Gasteiger partial charge on any atom is -0.375 e. The molecule has 7 heteroatoms. The second-order valence-corrected chi connectivity index (χ2v) is 7.03. The fraction of sp³-hybridized carbons (Fsp3) is 0.526. The van der Waals surface area contributed by atoms with Crippen LogP contribution < -0.4 is 5.32 Å². The monoisotopic (exact) mass is 357 g/mol. The average molecular weight is 357 g/mol. The number of halogens is 1. The summed E-state index contributed by atoms with van der Waals surface area (Å²) in [6.07, 6.45) is 14.9. The van der Waals surface area contributed by atoms with Gasteiger partial charge in [0, 0.05) is 12.0 Å². The van der Waals surface area contributed by atoms with Gasteiger partial charge in [-0.15, -0.1) is 0 Å². The van der Waals surface area contributed by atoms with Gasteiger partial charge in [-0.1, -0.05) is 24.3 Å². The summed E-state index contributed by atoms with van der Waals surface area (Å²) in [5, 5.41) is 11.3. The number of H-pyrrole nitrogens is 1. The van der Waals surface area contributed by atoms with E-state index in [1.807, 2.05) is 24.3 Å². The average Bonchev–Trinajstić information content (AvgIpc) is 3.18. The van der Waals surface area contributed by atoms with Gasteiger partial charge in [0.1, 0.15) is 18.3 Å². The van der Waals surface area contributed by atoms with Crippen LogP contribution in [-0.4, -0.2) is 45.1 Å². The van der Waals surface area contributed by atoms with E-state index in [4.69, 9.17) is 4.74 Å². The molecule has 2 aliphatic carbocycles. The number of allylic oxidation sites excluding steroid dienone is 4. The molecule has 0 radical (unpaired) electrons. The van der Waals surface area contributed by atoms with Crippen molar-refractivity contribution in [3.05, 3.63) is 36.8 Å². The predicted molar refractivity (Wildman–Crippen MR) is 98.6 cm³/mol. The van der Waals surface area contributed by atoms with Gasteiger partial charge in [-0.25, -0.2) is 14.4 Å². The molecule has 2 heterocycles. The smallest absolute Gasteiger partial charge is 0.160 e. The van der Waals surface area contributed by atoms with Crippen molar-refractivity contribution < 1.29 is 9.13 Å². The fourth-order valence-electron chi connectivity index (χ4n) is 3.67. The minimum atomic E-state index is -0.928. The first-order chi connectivity index (χ1) is 12.8. The molecule has 0 aliphatic heterocycles. The van der Waals surface area contributed by atoms with Gasteiger partial charge in [0.2, 0.25) is 0 Å². The van der Waals surface area contributed by atoms with Crippen molar-refractivity contribution in [3.63, 3.8) is 0 Å². The highest BCUT2D eigenvalue weighted by Gasteiger charge is 2.25.